The first-order chi connectivity index (χ1) is 16.1. The van der Waals surface area contributed by atoms with Gasteiger partial charge in [0.05, 0.1) is 0 Å². The summed E-state index contributed by atoms with van der Waals surface area (Å²) >= 11 is 0. The lowest BCUT2D eigenvalue weighted by atomic mass is 9.84. The van der Waals surface area contributed by atoms with Gasteiger partial charge in [0.25, 0.3) is 5.91 Å². The van der Waals surface area contributed by atoms with Crippen molar-refractivity contribution in [2.24, 2.45) is 5.92 Å². The van der Waals surface area contributed by atoms with E-state index >= 15 is 0 Å². The number of fused-ring (bicyclic) bond motifs is 1. The van der Waals surface area contributed by atoms with Crippen LogP contribution in [0.2, 0.25) is 0 Å². The second-order valence-corrected chi connectivity index (χ2v) is 10.0. The number of hydrogen-bond acceptors (Lipinski definition) is 3. The lowest BCUT2D eigenvalue weighted by molar-refractivity contribution is -0.125. The molecule has 2 heterocycles. The minimum atomic E-state index is -0.355. The van der Waals surface area contributed by atoms with E-state index in [9.17, 15) is 9.59 Å². The molecule has 1 saturated carbocycles. The molecule has 5 rings (SSSR count). The van der Waals surface area contributed by atoms with Gasteiger partial charge in [0, 0.05) is 36.8 Å². The van der Waals surface area contributed by atoms with Crippen LogP contribution in [0.1, 0.15) is 67.4 Å². The van der Waals surface area contributed by atoms with Gasteiger partial charge in [0.2, 0.25) is 5.91 Å². The molecule has 2 aliphatic heterocycles. The Hall–Kier alpha value is -2.66. The number of likely N-dealkylation sites (tertiary alicyclic amines) is 2. The molecule has 1 N–H and O–H groups in total. The molecular weight excluding hydrogens is 410 g/mol. The van der Waals surface area contributed by atoms with E-state index < -0.39 is 0 Å². The fraction of sp³-hybridized carbons (Fsp3) is 0.500. The number of hydrogen-bond donors (Lipinski definition) is 1. The van der Waals surface area contributed by atoms with Gasteiger partial charge in [-0.05, 0) is 56.2 Å². The maximum Gasteiger partial charge on any atom is 0.254 e. The standard InChI is InChI=1S/C28H35N3O2/c1-20(21-10-4-2-5-11-21)30-17-16-24(19-30)29-27(32)26-18-23-14-8-9-15-25(23)31(26)28(33)22-12-6-3-7-13-22/h2-7,10-13,20,23-26H,8-9,14-19H2,1H3,(H,29,32). The summed E-state index contributed by atoms with van der Waals surface area (Å²) in [6, 6.07) is 20.3. The summed E-state index contributed by atoms with van der Waals surface area (Å²) in [5.74, 6) is 0.490. The highest BCUT2D eigenvalue weighted by molar-refractivity contribution is 5.98. The second-order valence-electron chi connectivity index (χ2n) is 10.0. The molecule has 2 aromatic rings. The fourth-order valence-electron chi connectivity index (χ4n) is 6.21. The van der Waals surface area contributed by atoms with Crippen molar-refractivity contribution in [3.8, 4) is 0 Å². The molecule has 0 radical (unpaired) electrons. The predicted octanol–water partition coefficient (Wildman–Crippen LogP) is 4.41. The summed E-state index contributed by atoms with van der Waals surface area (Å²) in [5, 5.41) is 3.33. The van der Waals surface area contributed by atoms with E-state index in [2.05, 4.69) is 41.4 Å². The van der Waals surface area contributed by atoms with E-state index in [0.29, 0.717) is 17.5 Å². The zero-order valence-electron chi connectivity index (χ0n) is 19.5. The van der Waals surface area contributed by atoms with E-state index in [1.54, 1.807) is 0 Å². The number of nitrogens with one attached hydrogen (secondary N) is 1. The fourth-order valence-corrected chi connectivity index (χ4v) is 6.21. The number of carbonyl (C=O) groups is 2. The summed E-state index contributed by atoms with van der Waals surface area (Å²) < 4.78 is 0. The van der Waals surface area contributed by atoms with Gasteiger partial charge in [-0.15, -0.1) is 0 Å². The molecular formula is C28H35N3O2. The van der Waals surface area contributed by atoms with Crippen molar-refractivity contribution in [1.82, 2.24) is 15.1 Å². The third-order valence-electron chi connectivity index (χ3n) is 8.04. The normalized spacial score (nSPS) is 28.3. The first-order valence-electron chi connectivity index (χ1n) is 12.6. The first-order valence-corrected chi connectivity index (χ1v) is 12.6. The summed E-state index contributed by atoms with van der Waals surface area (Å²) in [6.07, 6.45) is 6.24. The first kappa shape index (κ1) is 22.1. The van der Waals surface area contributed by atoms with Crippen LogP contribution in [0.25, 0.3) is 0 Å². The SMILES string of the molecule is CC(c1ccccc1)N1CCC(NC(=O)C2CC3CCCCC3N2C(=O)c2ccccc2)C1. The number of rotatable bonds is 5. The van der Waals surface area contributed by atoms with Crippen molar-refractivity contribution in [1.29, 1.82) is 0 Å². The Morgan fingerprint density at radius 1 is 0.939 bits per heavy atom. The molecule has 5 heteroatoms. The summed E-state index contributed by atoms with van der Waals surface area (Å²) in [4.78, 5) is 31.4. The maximum atomic E-state index is 13.5. The molecule has 2 amide bonds. The summed E-state index contributed by atoms with van der Waals surface area (Å²) in [6.45, 7) is 4.07. The smallest absolute Gasteiger partial charge is 0.254 e. The Labute approximate surface area is 197 Å². The molecule has 2 aromatic carbocycles. The molecule has 0 spiro atoms. The summed E-state index contributed by atoms with van der Waals surface area (Å²) in [5.41, 5.74) is 1.99. The monoisotopic (exact) mass is 445 g/mol. The third-order valence-corrected chi connectivity index (χ3v) is 8.04. The minimum Gasteiger partial charge on any atom is -0.350 e. The summed E-state index contributed by atoms with van der Waals surface area (Å²) in [7, 11) is 0. The average molecular weight is 446 g/mol. The zero-order valence-corrected chi connectivity index (χ0v) is 19.5. The van der Waals surface area contributed by atoms with Gasteiger partial charge in [-0.1, -0.05) is 61.4 Å². The van der Waals surface area contributed by atoms with Crippen molar-refractivity contribution in [3.05, 3.63) is 71.8 Å². The van der Waals surface area contributed by atoms with Crippen LogP contribution >= 0.6 is 0 Å². The quantitative estimate of drug-likeness (QED) is 0.742. The van der Waals surface area contributed by atoms with Gasteiger partial charge >= 0.3 is 0 Å². The molecule has 0 aromatic heterocycles. The van der Waals surface area contributed by atoms with Crippen LogP contribution in [0, 0.1) is 5.92 Å². The molecule has 3 aliphatic rings. The average Bonchev–Trinajstić information content (AvgIpc) is 3.49. The minimum absolute atomic E-state index is 0.0101. The Bertz CT molecular complexity index is 964. The molecule has 0 bridgehead atoms. The Balaban J connectivity index is 1.27. The highest BCUT2D eigenvalue weighted by atomic mass is 16.2. The van der Waals surface area contributed by atoms with Crippen LogP contribution in [0.4, 0.5) is 0 Å². The largest absolute Gasteiger partial charge is 0.350 e. The lowest BCUT2D eigenvalue weighted by Crippen LogP contribution is -2.51. The van der Waals surface area contributed by atoms with Gasteiger partial charge in [-0.25, -0.2) is 0 Å². The number of carbonyl (C=O) groups excluding carboxylic acids is 2. The van der Waals surface area contributed by atoms with E-state index in [0.717, 1.165) is 45.2 Å². The zero-order chi connectivity index (χ0) is 22.8. The highest BCUT2D eigenvalue weighted by Crippen LogP contribution is 2.40. The van der Waals surface area contributed by atoms with Crippen LogP contribution in [0.3, 0.4) is 0 Å². The van der Waals surface area contributed by atoms with Crippen molar-refractivity contribution in [2.75, 3.05) is 13.1 Å². The van der Waals surface area contributed by atoms with Crippen LogP contribution in [-0.2, 0) is 4.79 Å². The molecule has 2 saturated heterocycles. The molecule has 5 nitrogen and oxygen atoms in total. The van der Waals surface area contributed by atoms with Crippen LogP contribution in [0.5, 0.6) is 0 Å². The van der Waals surface area contributed by atoms with Crippen LogP contribution < -0.4 is 5.32 Å². The molecule has 5 unspecified atom stereocenters. The highest BCUT2D eigenvalue weighted by Gasteiger charge is 2.48. The Morgan fingerprint density at radius 2 is 1.64 bits per heavy atom. The molecule has 5 atom stereocenters. The van der Waals surface area contributed by atoms with Crippen LogP contribution in [-0.4, -0.2) is 52.8 Å². The van der Waals surface area contributed by atoms with Gasteiger partial charge in [0.1, 0.15) is 6.04 Å². The van der Waals surface area contributed by atoms with E-state index in [1.807, 2.05) is 41.3 Å². The lowest BCUT2D eigenvalue weighted by Gasteiger charge is -2.34. The molecule has 174 valence electrons. The topological polar surface area (TPSA) is 52.7 Å². The van der Waals surface area contributed by atoms with E-state index in [1.165, 1.54) is 12.0 Å². The molecule has 1 aliphatic carbocycles. The van der Waals surface area contributed by atoms with Crippen molar-refractivity contribution in [3.63, 3.8) is 0 Å². The maximum absolute atomic E-state index is 13.5. The van der Waals surface area contributed by atoms with E-state index in [-0.39, 0.29) is 29.9 Å². The Morgan fingerprint density at radius 3 is 2.39 bits per heavy atom. The van der Waals surface area contributed by atoms with Crippen molar-refractivity contribution < 1.29 is 9.59 Å². The number of nitrogens with zero attached hydrogens (tertiary/aromatic N) is 2. The van der Waals surface area contributed by atoms with Crippen molar-refractivity contribution in [2.45, 2.75) is 69.6 Å². The van der Waals surface area contributed by atoms with Crippen LogP contribution in [0.15, 0.2) is 60.7 Å². The molecule has 33 heavy (non-hydrogen) atoms. The van der Waals surface area contributed by atoms with Crippen molar-refractivity contribution >= 4 is 11.8 Å². The Kier molecular flexibility index (Phi) is 6.50. The number of amides is 2. The predicted molar refractivity (Wildman–Crippen MR) is 130 cm³/mol. The van der Waals surface area contributed by atoms with Gasteiger partial charge in [0.15, 0.2) is 0 Å². The number of benzene rings is 2. The van der Waals surface area contributed by atoms with Gasteiger partial charge in [-0.3, -0.25) is 14.5 Å². The second kappa shape index (κ2) is 9.68. The molecule has 3 fully saturated rings. The van der Waals surface area contributed by atoms with E-state index in [4.69, 9.17) is 0 Å². The van der Waals surface area contributed by atoms with Gasteiger partial charge in [-0.2, -0.15) is 0 Å². The third kappa shape index (κ3) is 4.56. The van der Waals surface area contributed by atoms with Gasteiger partial charge < -0.3 is 10.2 Å².